The van der Waals surface area contributed by atoms with Gasteiger partial charge in [-0.15, -0.1) is 0 Å². The van der Waals surface area contributed by atoms with Crippen molar-refractivity contribution in [1.82, 2.24) is 0 Å². The third kappa shape index (κ3) is 10.1. The molecule has 19 nitrogen and oxygen atoms in total. The van der Waals surface area contributed by atoms with Crippen molar-refractivity contribution < 1.29 is 92.6 Å². The van der Waals surface area contributed by atoms with E-state index in [4.69, 9.17) is 56.8 Å². The van der Waals surface area contributed by atoms with Crippen LogP contribution in [0, 0.1) is 0 Å². The van der Waals surface area contributed by atoms with E-state index in [2.05, 4.69) is 0 Å². The zero-order valence-corrected chi connectivity index (χ0v) is 29.1. The number of benzene rings is 1. The molecule has 0 saturated carbocycles. The van der Waals surface area contributed by atoms with Crippen molar-refractivity contribution in [3.8, 4) is 11.5 Å². The van der Waals surface area contributed by atoms with Crippen molar-refractivity contribution >= 4 is 0 Å². The first-order valence-corrected chi connectivity index (χ1v) is 17.3. The van der Waals surface area contributed by atoms with Crippen molar-refractivity contribution in [2.75, 3.05) is 73.2 Å². The topological polar surface area (TPSA) is 252 Å². The first-order chi connectivity index (χ1) is 25.2. The highest BCUT2D eigenvalue weighted by Crippen LogP contribution is 2.34. The summed E-state index contributed by atoms with van der Waals surface area (Å²) < 4.78 is 70.4. The number of fused-ring (bicyclic) bond motifs is 2. The van der Waals surface area contributed by atoms with E-state index < -0.39 is 105 Å². The Balaban J connectivity index is 1.26. The summed E-state index contributed by atoms with van der Waals surface area (Å²) >= 11 is 0. The summed E-state index contributed by atoms with van der Waals surface area (Å²) in [5.74, 6) is 1.16. The molecule has 4 aliphatic rings. The molecule has 3 saturated heterocycles. The van der Waals surface area contributed by atoms with Crippen molar-refractivity contribution in [2.45, 2.75) is 99.0 Å². The smallest absolute Gasteiger partial charge is 0.187 e. The van der Waals surface area contributed by atoms with Crippen LogP contribution in [0.4, 0.5) is 0 Å². The van der Waals surface area contributed by atoms with Crippen molar-refractivity contribution in [1.29, 1.82) is 0 Å². The monoisotopic (exact) mass is 752 g/mol. The van der Waals surface area contributed by atoms with E-state index in [1.165, 1.54) is 7.11 Å². The molecule has 0 amide bonds. The molecule has 3 fully saturated rings. The lowest BCUT2D eigenvalue weighted by Gasteiger charge is -2.49. The maximum atomic E-state index is 11.2. The summed E-state index contributed by atoms with van der Waals surface area (Å²) in [6.45, 7) is 1.81. The van der Waals surface area contributed by atoms with Gasteiger partial charge in [-0.3, -0.25) is 0 Å². The Bertz CT molecular complexity index is 1180. The second-order valence-electron chi connectivity index (χ2n) is 12.6. The van der Waals surface area contributed by atoms with Crippen LogP contribution in [0.15, 0.2) is 24.3 Å². The summed E-state index contributed by atoms with van der Waals surface area (Å²) in [6.07, 6.45) is -20.6. The van der Waals surface area contributed by atoms with E-state index in [0.29, 0.717) is 11.5 Å². The van der Waals surface area contributed by atoms with Crippen LogP contribution in [0.1, 0.15) is 6.92 Å². The molecule has 4 heterocycles. The van der Waals surface area contributed by atoms with Crippen LogP contribution in [0.5, 0.6) is 11.5 Å². The predicted molar refractivity (Wildman–Crippen MR) is 171 cm³/mol. The SMILES string of the molecule is CO[C@H]1O[C@@H](C)[C@@H](O[C@@H]2O[C@@H](CO)[C@@H](O[C@@H]3O[C@@H](CO)[C@H](O)[C@H](O)[C@@H]3O)[C@H](O)[C@@H]2O)[C@@H]2OCCOCCOc3ccccc3OCCOCCO[C@H]12. The summed E-state index contributed by atoms with van der Waals surface area (Å²) in [4.78, 5) is 0. The highest BCUT2D eigenvalue weighted by atomic mass is 16.8. The van der Waals surface area contributed by atoms with E-state index in [-0.39, 0.29) is 52.9 Å². The minimum atomic E-state index is -1.80. The average Bonchev–Trinajstić information content (AvgIpc) is 3.15. The van der Waals surface area contributed by atoms with E-state index in [1.54, 1.807) is 19.1 Å². The lowest BCUT2D eigenvalue weighted by atomic mass is 9.96. The molecule has 5 rings (SSSR count). The number of ether oxygens (including phenoxy) is 12. The van der Waals surface area contributed by atoms with Crippen LogP contribution in [0.25, 0.3) is 0 Å². The number of aliphatic hydroxyl groups excluding tert-OH is 7. The van der Waals surface area contributed by atoms with Gasteiger partial charge in [0.1, 0.15) is 80.4 Å². The van der Waals surface area contributed by atoms with Crippen LogP contribution < -0.4 is 9.47 Å². The fourth-order valence-electron chi connectivity index (χ4n) is 6.34. The standard InChI is InChI=1S/C33H52O19/c1-17-27(51-32-26(40)24(38)28(21(16-35)50-32)52-31-25(39)23(37)22(36)20(15-34)49-31)29-30(33(41-2)48-17)47-14-10-43-8-12-45-19-6-4-3-5-18(19)44-11-7-42-9-13-46-29/h3-6,17,20-40H,7-16H2,1-2H3/t17-,20-,21-,22-,23-,24+,25-,26-,27+,28+,29-,30-,31-,32-,33-/m0/s1. The Kier molecular flexibility index (Phi) is 16.0. The van der Waals surface area contributed by atoms with Gasteiger partial charge in [0.05, 0.1) is 59.0 Å². The second-order valence-corrected chi connectivity index (χ2v) is 12.6. The molecule has 0 unspecified atom stereocenters. The molecule has 7 N–H and O–H groups in total. The Morgan fingerprint density at radius 1 is 0.577 bits per heavy atom. The third-order valence-electron chi connectivity index (χ3n) is 9.11. The Morgan fingerprint density at radius 3 is 1.67 bits per heavy atom. The molecular formula is C33H52O19. The first-order valence-electron chi connectivity index (χ1n) is 17.3. The molecule has 0 spiro atoms. The molecule has 1 aromatic carbocycles. The van der Waals surface area contributed by atoms with E-state index in [1.807, 2.05) is 12.1 Å². The lowest BCUT2D eigenvalue weighted by Crippen LogP contribution is -2.66. The van der Waals surface area contributed by atoms with Crippen LogP contribution in [-0.2, 0) is 47.4 Å². The minimum Gasteiger partial charge on any atom is -0.487 e. The molecule has 15 atom stereocenters. The van der Waals surface area contributed by atoms with Gasteiger partial charge >= 0.3 is 0 Å². The van der Waals surface area contributed by atoms with E-state index in [9.17, 15) is 35.7 Å². The molecule has 19 heteroatoms. The highest BCUT2D eigenvalue weighted by Gasteiger charge is 2.54. The molecule has 52 heavy (non-hydrogen) atoms. The molecule has 298 valence electrons. The molecule has 0 aliphatic carbocycles. The Morgan fingerprint density at radius 2 is 1.10 bits per heavy atom. The fraction of sp³-hybridized carbons (Fsp3) is 0.818. The number of para-hydroxylation sites is 2. The minimum absolute atomic E-state index is 0.0781. The third-order valence-corrected chi connectivity index (χ3v) is 9.11. The summed E-state index contributed by atoms with van der Waals surface area (Å²) in [5.41, 5.74) is 0. The van der Waals surface area contributed by atoms with E-state index >= 15 is 0 Å². The Labute approximate surface area is 300 Å². The average molecular weight is 753 g/mol. The maximum absolute atomic E-state index is 11.2. The largest absolute Gasteiger partial charge is 0.487 e. The van der Waals surface area contributed by atoms with Gasteiger partial charge in [0.2, 0.25) is 0 Å². The van der Waals surface area contributed by atoms with Gasteiger partial charge in [0.25, 0.3) is 0 Å². The molecule has 0 aromatic heterocycles. The second kappa shape index (κ2) is 20.2. The molecule has 0 radical (unpaired) electrons. The molecular weight excluding hydrogens is 700 g/mol. The van der Waals surface area contributed by atoms with Crippen LogP contribution in [0.3, 0.4) is 0 Å². The maximum Gasteiger partial charge on any atom is 0.187 e. The number of hydrogen-bond donors (Lipinski definition) is 7. The quantitative estimate of drug-likeness (QED) is 0.144. The molecule has 4 aliphatic heterocycles. The van der Waals surface area contributed by atoms with Gasteiger partial charge < -0.3 is 92.6 Å². The van der Waals surface area contributed by atoms with Crippen LogP contribution >= 0.6 is 0 Å². The zero-order valence-electron chi connectivity index (χ0n) is 29.1. The molecule has 0 bridgehead atoms. The van der Waals surface area contributed by atoms with E-state index in [0.717, 1.165) is 0 Å². The number of rotatable bonds is 7. The summed E-state index contributed by atoms with van der Waals surface area (Å²) in [7, 11) is 1.45. The molecule has 1 aromatic rings. The zero-order chi connectivity index (χ0) is 37.2. The summed E-state index contributed by atoms with van der Waals surface area (Å²) in [5, 5.41) is 72.8. The van der Waals surface area contributed by atoms with Crippen molar-refractivity contribution in [3.05, 3.63) is 24.3 Å². The first kappa shape index (κ1) is 41.3. The predicted octanol–water partition coefficient (Wildman–Crippen LogP) is -3.34. The number of hydrogen-bond acceptors (Lipinski definition) is 19. The van der Waals surface area contributed by atoms with Crippen LogP contribution in [-0.4, -0.2) is 201 Å². The summed E-state index contributed by atoms with van der Waals surface area (Å²) in [6, 6.07) is 7.28. The van der Waals surface area contributed by atoms with Gasteiger partial charge in [-0.05, 0) is 19.1 Å². The normalized spacial score (nSPS) is 41.7. The fourth-order valence-corrected chi connectivity index (χ4v) is 6.34. The Hall–Kier alpha value is -1.86. The lowest BCUT2D eigenvalue weighted by molar-refractivity contribution is -0.380. The van der Waals surface area contributed by atoms with Gasteiger partial charge in [0, 0.05) is 7.11 Å². The van der Waals surface area contributed by atoms with Crippen LogP contribution in [0.2, 0.25) is 0 Å². The van der Waals surface area contributed by atoms with Crippen molar-refractivity contribution in [2.24, 2.45) is 0 Å². The van der Waals surface area contributed by atoms with Gasteiger partial charge in [-0.1, -0.05) is 12.1 Å². The van der Waals surface area contributed by atoms with Gasteiger partial charge in [-0.25, -0.2) is 0 Å². The van der Waals surface area contributed by atoms with Gasteiger partial charge in [0.15, 0.2) is 30.4 Å². The number of aliphatic hydroxyl groups is 7. The number of methoxy groups -OCH3 is 1. The highest BCUT2D eigenvalue weighted by molar-refractivity contribution is 5.39. The van der Waals surface area contributed by atoms with Crippen molar-refractivity contribution in [3.63, 3.8) is 0 Å². The van der Waals surface area contributed by atoms with Gasteiger partial charge in [-0.2, -0.15) is 0 Å².